The van der Waals surface area contributed by atoms with E-state index in [1.807, 2.05) is 71.4 Å². The van der Waals surface area contributed by atoms with E-state index < -0.39 is 10.8 Å². The second-order valence-corrected chi connectivity index (χ2v) is 8.86. The fraction of sp³-hybridized carbons (Fsp3) is 0.227. The Morgan fingerprint density at radius 2 is 1.76 bits per heavy atom. The van der Waals surface area contributed by atoms with E-state index >= 15 is 0 Å². The highest BCUT2D eigenvalue weighted by Gasteiger charge is 2.14. The molecule has 0 aliphatic rings. The Morgan fingerprint density at radius 1 is 1.00 bits per heavy atom. The summed E-state index contributed by atoms with van der Waals surface area (Å²) in [7, 11) is -1.03. The number of hydrogen-bond acceptors (Lipinski definition) is 4. The van der Waals surface area contributed by atoms with Gasteiger partial charge in [-0.3, -0.25) is 4.21 Å². The summed E-state index contributed by atoms with van der Waals surface area (Å²) in [5.74, 6) is 0.927. The van der Waals surface area contributed by atoms with Gasteiger partial charge in [0.25, 0.3) is 0 Å². The highest BCUT2D eigenvalue weighted by atomic mass is 32.2. The lowest BCUT2D eigenvalue weighted by molar-refractivity contribution is 0.185. The van der Waals surface area contributed by atoms with Crippen LogP contribution in [0.25, 0.3) is 0 Å². The average Bonchev–Trinajstić information content (AvgIpc) is 3.22. The van der Waals surface area contributed by atoms with E-state index in [1.165, 1.54) is 0 Å². The first-order valence-corrected chi connectivity index (χ1v) is 11.7. The highest BCUT2D eigenvalue weighted by Crippen LogP contribution is 2.16. The molecular formula is C22H24N2O3S2. The predicted octanol–water partition coefficient (Wildman–Crippen LogP) is 4.22. The fourth-order valence-electron chi connectivity index (χ4n) is 2.91. The van der Waals surface area contributed by atoms with Gasteiger partial charge in [-0.25, -0.2) is 4.79 Å². The van der Waals surface area contributed by atoms with Crippen molar-refractivity contribution >= 4 is 33.9 Å². The van der Waals surface area contributed by atoms with Crippen molar-refractivity contribution in [3.8, 4) is 0 Å². The van der Waals surface area contributed by atoms with Crippen molar-refractivity contribution in [3.63, 3.8) is 0 Å². The Balaban J connectivity index is 1.60. The van der Waals surface area contributed by atoms with Crippen molar-refractivity contribution in [2.24, 2.45) is 0 Å². The van der Waals surface area contributed by atoms with Gasteiger partial charge in [0, 0.05) is 41.1 Å². The van der Waals surface area contributed by atoms with Crippen LogP contribution < -0.4 is 5.32 Å². The van der Waals surface area contributed by atoms with Crippen LogP contribution in [0.5, 0.6) is 0 Å². The summed E-state index contributed by atoms with van der Waals surface area (Å²) in [5, 5.41) is 16.1. The summed E-state index contributed by atoms with van der Waals surface area (Å²) < 4.78 is 12.5. The second-order valence-electron chi connectivity index (χ2n) is 6.62. The van der Waals surface area contributed by atoms with Gasteiger partial charge in [0.15, 0.2) is 0 Å². The molecule has 1 atom stereocenters. The average molecular weight is 429 g/mol. The maximum absolute atomic E-state index is 12.7. The van der Waals surface area contributed by atoms with Crippen molar-refractivity contribution in [2.45, 2.75) is 18.1 Å². The fourth-order valence-corrected chi connectivity index (χ4v) is 4.79. The number of nitrogens with zero attached hydrogens (tertiary/aromatic N) is 1. The third-order valence-corrected chi connectivity index (χ3v) is 6.33. The Hall–Kier alpha value is -2.48. The van der Waals surface area contributed by atoms with Gasteiger partial charge in [-0.05, 0) is 45.6 Å². The monoisotopic (exact) mass is 428 g/mol. The van der Waals surface area contributed by atoms with Crippen LogP contribution in [0.15, 0.2) is 71.4 Å². The topological polar surface area (TPSA) is 69.6 Å². The molecule has 0 radical (unpaired) electrons. The Morgan fingerprint density at radius 3 is 2.48 bits per heavy atom. The quantitative estimate of drug-likeness (QED) is 0.536. The van der Waals surface area contributed by atoms with Crippen LogP contribution >= 0.6 is 11.3 Å². The molecule has 29 heavy (non-hydrogen) atoms. The van der Waals surface area contributed by atoms with E-state index in [0.29, 0.717) is 23.7 Å². The molecule has 2 N–H and O–H groups in total. The summed E-state index contributed by atoms with van der Waals surface area (Å²) in [4.78, 5) is 14.2. The van der Waals surface area contributed by atoms with Gasteiger partial charge in [-0.1, -0.05) is 42.5 Å². The first-order chi connectivity index (χ1) is 14.1. The third-order valence-electron chi connectivity index (χ3n) is 4.29. The summed E-state index contributed by atoms with van der Waals surface area (Å²) in [6.07, 6.45) is 0. The Bertz CT molecular complexity index is 930. The molecule has 0 aliphatic carbocycles. The van der Waals surface area contributed by atoms with E-state index in [4.69, 9.17) is 0 Å². The van der Waals surface area contributed by atoms with Crippen molar-refractivity contribution in [2.75, 3.05) is 18.5 Å². The number of aliphatic hydroxyl groups excluding tert-OH is 1. The molecule has 1 heterocycles. The number of urea groups is 1. The molecule has 152 valence electrons. The summed E-state index contributed by atoms with van der Waals surface area (Å²) >= 11 is 1.57. The molecule has 0 bridgehead atoms. The smallest absolute Gasteiger partial charge is 0.322 e. The van der Waals surface area contributed by atoms with Gasteiger partial charge in [0.1, 0.15) is 0 Å². The number of thiophene rings is 1. The number of rotatable bonds is 9. The van der Waals surface area contributed by atoms with Crippen LogP contribution in [-0.4, -0.2) is 33.4 Å². The zero-order valence-electron chi connectivity index (χ0n) is 16.0. The number of hydrogen-bond donors (Lipinski definition) is 2. The summed E-state index contributed by atoms with van der Waals surface area (Å²) in [6.45, 7) is 0.592. The molecule has 3 aromatic rings. The zero-order valence-corrected chi connectivity index (χ0v) is 17.6. The minimum absolute atomic E-state index is 0.101. The minimum atomic E-state index is -1.03. The third kappa shape index (κ3) is 6.81. The van der Waals surface area contributed by atoms with Crippen LogP contribution in [0.4, 0.5) is 10.5 Å². The van der Waals surface area contributed by atoms with Crippen molar-refractivity contribution in [1.82, 2.24) is 4.90 Å². The van der Waals surface area contributed by atoms with Gasteiger partial charge in [-0.15, -0.1) is 0 Å². The molecule has 1 aromatic heterocycles. The van der Waals surface area contributed by atoms with Crippen molar-refractivity contribution in [1.29, 1.82) is 0 Å². The van der Waals surface area contributed by atoms with E-state index in [1.54, 1.807) is 16.2 Å². The number of carbonyl (C=O) groups is 1. The largest absolute Gasteiger partial charge is 0.395 e. The van der Waals surface area contributed by atoms with Crippen LogP contribution in [0.2, 0.25) is 0 Å². The van der Waals surface area contributed by atoms with Gasteiger partial charge in [-0.2, -0.15) is 11.3 Å². The Kier molecular flexibility index (Phi) is 7.98. The van der Waals surface area contributed by atoms with E-state index in [-0.39, 0.29) is 19.2 Å². The molecule has 0 fully saturated rings. The molecule has 0 spiro atoms. The first-order valence-electron chi connectivity index (χ1n) is 9.30. The second kappa shape index (κ2) is 10.9. The van der Waals surface area contributed by atoms with Gasteiger partial charge < -0.3 is 15.3 Å². The van der Waals surface area contributed by atoms with Crippen LogP contribution in [0.3, 0.4) is 0 Å². The summed E-state index contributed by atoms with van der Waals surface area (Å²) in [6, 6.07) is 18.9. The number of nitrogens with one attached hydrogen (secondary N) is 1. The minimum Gasteiger partial charge on any atom is -0.395 e. The molecule has 2 aromatic carbocycles. The number of benzene rings is 2. The van der Waals surface area contributed by atoms with Gasteiger partial charge >= 0.3 is 6.03 Å². The molecule has 0 aliphatic heterocycles. The molecular weight excluding hydrogens is 404 g/mol. The number of amides is 2. The number of carbonyl (C=O) groups excluding carboxylic acids is 1. The molecule has 1 unspecified atom stereocenters. The standard InChI is InChI=1S/C22H24N2O3S2/c25-11-10-24(14-20-9-12-28-15-20)22(26)23-21-8-4-7-19(13-21)17-29(27)16-18-5-2-1-3-6-18/h1-9,12-13,15,25H,10-11,14,16-17H2,(H,23,26). The molecule has 5 nitrogen and oxygen atoms in total. The lowest BCUT2D eigenvalue weighted by Gasteiger charge is -2.22. The van der Waals surface area contributed by atoms with E-state index in [9.17, 15) is 14.1 Å². The Labute approximate surface area is 177 Å². The predicted molar refractivity (Wildman–Crippen MR) is 119 cm³/mol. The zero-order chi connectivity index (χ0) is 20.5. The molecule has 3 rings (SSSR count). The number of anilines is 1. The van der Waals surface area contributed by atoms with Crippen molar-refractivity contribution < 1.29 is 14.1 Å². The van der Waals surface area contributed by atoms with Crippen LogP contribution in [0, 0.1) is 0 Å². The summed E-state index contributed by atoms with van der Waals surface area (Å²) in [5.41, 5.74) is 3.63. The maximum Gasteiger partial charge on any atom is 0.322 e. The van der Waals surface area contributed by atoms with Gasteiger partial charge in [0.2, 0.25) is 0 Å². The van der Waals surface area contributed by atoms with Crippen LogP contribution in [0.1, 0.15) is 16.7 Å². The maximum atomic E-state index is 12.7. The molecule has 0 saturated carbocycles. The SMILES string of the molecule is O=C(Nc1cccc(CS(=O)Cc2ccccc2)c1)N(CCO)Cc1ccsc1. The normalized spacial score (nSPS) is 11.8. The molecule has 2 amide bonds. The lowest BCUT2D eigenvalue weighted by Crippen LogP contribution is -2.36. The molecule has 0 saturated heterocycles. The first kappa shape index (κ1) is 21.2. The number of aliphatic hydroxyl groups is 1. The highest BCUT2D eigenvalue weighted by molar-refractivity contribution is 7.83. The van der Waals surface area contributed by atoms with E-state index in [2.05, 4.69) is 5.32 Å². The van der Waals surface area contributed by atoms with Crippen LogP contribution in [-0.2, 0) is 28.9 Å². The molecule has 7 heteroatoms. The van der Waals surface area contributed by atoms with Gasteiger partial charge in [0.05, 0.1) is 6.61 Å². The lowest BCUT2D eigenvalue weighted by atomic mass is 10.2. The van der Waals surface area contributed by atoms with E-state index in [0.717, 1.165) is 16.7 Å². The van der Waals surface area contributed by atoms with Crippen molar-refractivity contribution in [3.05, 3.63) is 88.1 Å².